The lowest BCUT2D eigenvalue weighted by molar-refractivity contribution is 0.251. The van der Waals surface area contributed by atoms with Crippen LogP contribution in [0.5, 0.6) is 0 Å². The van der Waals surface area contributed by atoms with E-state index in [1.807, 2.05) is 6.07 Å². The molecule has 0 fully saturated rings. The zero-order valence-corrected chi connectivity index (χ0v) is 15.4. The van der Waals surface area contributed by atoms with Gasteiger partial charge in [-0.05, 0) is 55.3 Å². The van der Waals surface area contributed by atoms with Crippen LogP contribution in [0.3, 0.4) is 0 Å². The van der Waals surface area contributed by atoms with E-state index in [0.29, 0.717) is 11.5 Å². The van der Waals surface area contributed by atoms with Crippen LogP contribution < -0.4 is 5.32 Å². The molecule has 0 saturated carbocycles. The highest BCUT2D eigenvalue weighted by Gasteiger charge is 2.23. The number of hydrogen-bond donors (Lipinski definition) is 1. The van der Waals surface area contributed by atoms with Crippen LogP contribution in [-0.4, -0.2) is 12.6 Å². The highest BCUT2D eigenvalue weighted by atomic mass is 79.9. The van der Waals surface area contributed by atoms with Crippen molar-refractivity contribution < 1.29 is 0 Å². The van der Waals surface area contributed by atoms with Gasteiger partial charge in [0, 0.05) is 15.5 Å². The molecule has 0 aromatic heterocycles. The fourth-order valence-corrected chi connectivity index (χ4v) is 3.15. The zero-order valence-electron chi connectivity index (χ0n) is 13.1. The van der Waals surface area contributed by atoms with Crippen molar-refractivity contribution in [2.75, 3.05) is 6.54 Å². The lowest BCUT2D eigenvalue weighted by Crippen LogP contribution is -2.40. The van der Waals surface area contributed by atoms with Crippen molar-refractivity contribution in [1.29, 1.82) is 0 Å². The van der Waals surface area contributed by atoms with Crippen molar-refractivity contribution in [3.05, 3.63) is 33.3 Å². The monoisotopic (exact) mass is 359 g/mol. The summed E-state index contributed by atoms with van der Waals surface area (Å²) in [4.78, 5) is 0. The quantitative estimate of drug-likeness (QED) is 0.644. The first-order valence-corrected chi connectivity index (χ1v) is 8.69. The van der Waals surface area contributed by atoms with Gasteiger partial charge in [0.15, 0.2) is 0 Å². The van der Waals surface area contributed by atoms with Crippen LogP contribution in [0.2, 0.25) is 5.02 Å². The number of benzene rings is 1. The molecule has 0 aliphatic carbocycles. The van der Waals surface area contributed by atoms with E-state index in [0.717, 1.165) is 22.5 Å². The number of nitrogens with one attached hydrogen (secondary N) is 1. The number of halogens is 2. The van der Waals surface area contributed by atoms with Crippen molar-refractivity contribution in [3.63, 3.8) is 0 Å². The Hall–Kier alpha value is -0.0500. The average Bonchev–Trinajstić information content (AvgIpc) is 2.34. The molecule has 20 heavy (non-hydrogen) atoms. The molecule has 0 bridgehead atoms. The van der Waals surface area contributed by atoms with Gasteiger partial charge >= 0.3 is 0 Å². The SMILES string of the molecule is CCCNC(CCCc1ccc(Br)cc1Cl)C(C)(C)C. The summed E-state index contributed by atoms with van der Waals surface area (Å²) < 4.78 is 1.04. The molecule has 0 spiro atoms. The second-order valence-corrected chi connectivity index (χ2v) is 7.82. The summed E-state index contributed by atoms with van der Waals surface area (Å²) in [5.41, 5.74) is 1.55. The molecule has 1 rings (SSSR count). The van der Waals surface area contributed by atoms with E-state index in [1.54, 1.807) is 0 Å². The lowest BCUT2D eigenvalue weighted by Gasteiger charge is -2.32. The summed E-state index contributed by atoms with van der Waals surface area (Å²) in [5.74, 6) is 0. The Labute approximate surface area is 137 Å². The topological polar surface area (TPSA) is 12.0 Å². The predicted octanol–water partition coefficient (Wildman–Crippen LogP) is 5.84. The Morgan fingerprint density at radius 1 is 1.30 bits per heavy atom. The van der Waals surface area contributed by atoms with Crippen molar-refractivity contribution in [2.45, 2.75) is 59.4 Å². The van der Waals surface area contributed by atoms with Gasteiger partial charge in [0.2, 0.25) is 0 Å². The molecule has 0 radical (unpaired) electrons. The van der Waals surface area contributed by atoms with E-state index >= 15 is 0 Å². The van der Waals surface area contributed by atoms with Crippen molar-refractivity contribution >= 4 is 27.5 Å². The Morgan fingerprint density at radius 2 is 2.00 bits per heavy atom. The largest absolute Gasteiger partial charge is 0.313 e. The molecule has 0 saturated heterocycles. The maximum atomic E-state index is 6.27. The van der Waals surface area contributed by atoms with E-state index < -0.39 is 0 Å². The Bertz CT molecular complexity index is 412. The van der Waals surface area contributed by atoms with Crippen LogP contribution in [0.4, 0.5) is 0 Å². The zero-order chi connectivity index (χ0) is 15.2. The van der Waals surface area contributed by atoms with Gasteiger partial charge in [0.1, 0.15) is 0 Å². The molecule has 0 aliphatic rings. The summed E-state index contributed by atoms with van der Waals surface area (Å²) in [6, 6.07) is 6.74. The Morgan fingerprint density at radius 3 is 2.55 bits per heavy atom. The highest BCUT2D eigenvalue weighted by molar-refractivity contribution is 9.10. The lowest BCUT2D eigenvalue weighted by atomic mass is 9.83. The summed E-state index contributed by atoms with van der Waals surface area (Å²) >= 11 is 9.72. The second-order valence-electron chi connectivity index (χ2n) is 6.50. The van der Waals surface area contributed by atoms with E-state index in [2.05, 4.69) is 61.1 Å². The average molecular weight is 361 g/mol. The molecule has 1 aromatic rings. The number of rotatable bonds is 7. The molecule has 1 N–H and O–H groups in total. The maximum absolute atomic E-state index is 6.27. The molecule has 1 atom stereocenters. The van der Waals surface area contributed by atoms with Gasteiger partial charge in [-0.15, -0.1) is 0 Å². The predicted molar refractivity (Wildman–Crippen MR) is 93.6 cm³/mol. The first-order valence-electron chi connectivity index (χ1n) is 7.52. The second kappa shape index (κ2) is 8.41. The van der Waals surface area contributed by atoms with E-state index in [-0.39, 0.29) is 0 Å². The number of aryl methyl sites for hydroxylation is 1. The summed E-state index contributed by atoms with van der Waals surface area (Å²) in [7, 11) is 0. The van der Waals surface area contributed by atoms with Crippen LogP contribution >= 0.6 is 27.5 Å². The van der Waals surface area contributed by atoms with Crippen molar-refractivity contribution in [2.24, 2.45) is 5.41 Å². The third-order valence-electron chi connectivity index (χ3n) is 3.64. The van der Waals surface area contributed by atoms with Gasteiger partial charge in [-0.25, -0.2) is 0 Å². The van der Waals surface area contributed by atoms with Gasteiger partial charge in [-0.2, -0.15) is 0 Å². The standard InChI is InChI=1S/C17H27BrClN/c1-5-11-20-16(17(2,3)4)8-6-7-13-9-10-14(18)12-15(13)19/h9-10,12,16,20H,5-8,11H2,1-4H3. The fourth-order valence-electron chi connectivity index (χ4n) is 2.38. The van der Waals surface area contributed by atoms with Gasteiger partial charge in [-0.3, -0.25) is 0 Å². The van der Waals surface area contributed by atoms with Crippen LogP contribution in [0.25, 0.3) is 0 Å². The smallest absolute Gasteiger partial charge is 0.0449 e. The molecule has 1 nitrogen and oxygen atoms in total. The normalized spacial score (nSPS) is 13.5. The van der Waals surface area contributed by atoms with Crippen molar-refractivity contribution in [1.82, 2.24) is 5.32 Å². The van der Waals surface area contributed by atoms with Crippen LogP contribution in [-0.2, 0) is 6.42 Å². The van der Waals surface area contributed by atoms with Gasteiger partial charge in [0.25, 0.3) is 0 Å². The molecule has 1 unspecified atom stereocenters. The highest BCUT2D eigenvalue weighted by Crippen LogP contribution is 2.26. The minimum atomic E-state index is 0.304. The van der Waals surface area contributed by atoms with Crippen LogP contribution in [0.1, 0.15) is 52.5 Å². The first-order chi connectivity index (χ1) is 9.34. The number of hydrogen-bond acceptors (Lipinski definition) is 1. The third-order valence-corrected chi connectivity index (χ3v) is 4.49. The Kier molecular flexibility index (Phi) is 7.57. The minimum absolute atomic E-state index is 0.304. The minimum Gasteiger partial charge on any atom is -0.313 e. The summed E-state index contributed by atoms with van der Waals surface area (Å²) in [6.45, 7) is 10.3. The first kappa shape index (κ1) is 18.0. The third kappa shape index (κ3) is 6.15. The molecular weight excluding hydrogens is 334 g/mol. The van der Waals surface area contributed by atoms with Gasteiger partial charge in [0.05, 0.1) is 0 Å². The van der Waals surface area contributed by atoms with Gasteiger partial charge in [-0.1, -0.05) is 61.3 Å². The molecule has 0 aliphatic heterocycles. The molecule has 1 aromatic carbocycles. The van der Waals surface area contributed by atoms with E-state index in [1.165, 1.54) is 24.8 Å². The molecule has 0 heterocycles. The maximum Gasteiger partial charge on any atom is 0.0449 e. The fraction of sp³-hybridized carbons (Fsp3) is 0.647. The van der Waals surface area contributed by atoms with Crippen LogP contribution in [0, 0.1) is 5.41 Å². The summed E-state index contributed by atoms with van der Waals surface area (Å²) in [6.07, 6.45) is 4.59. The molecular formula is C17H27BrClN. The molecule has 0 amide bonds. The molecule has 114 valence electrons. The Balaban J connectivity index is 2.51. The van der Waals surface area contributed by atoms with Crippen molar-refractivity contribution in [3.8, 4) is 0 Å². The summed E-state index contributed by atoms with van der Waals surface area (Å²) in [5, 5.41) is 4.55. The van der Waals surface area contributed by atoms with E-state index in [9.17, 15) is 0 Å². The molecule has 3 heteroatoms. The van der Waals surface area contributed by atoms with E-state index in [4.69, 9.17) is 11.6 Å². The van der Waals surface area contributed by atoms with Crippen LogP contribution in [0.15, 0.2) is 22.7 Å². The van der Waals surface area contributed by atoms with Gasteiger partial charge < -0.3 is 5.32 Å².